The summed E-state index contributed by atoms with van der Waals surface area (Å²) in [5, 5.41) is 9.13. The number of aromatic amines is 1. The number of anilines is 2. The van der Waals surface area contributed by atoms with Gasteiger partial charge in [0.25, 0.3) is 23.6 Å². The second-order valence-corrected chi connectivity index (χ2v) is 23.4. The Morgan fingerprint density at radius 3 is 2.26 bits per heavy atom. The summed E-state index contributed by atoms with van der Waals surface area (Å²) in [7, 11) is 3.06. The van der Waals surface area contributed by atoms with E-state index in [1.165, 1.54) is 77.4 Å². The molecule has 0 spiro atoms. The third kappa shape index (κ3) is 15.5. The zero-order chi connectivity index (χ0) is 61.8. The summed E-state index contributed by atoms with van der Waals surface area (Å²) in [4.78, 5) is 131. The van der Waals surface area contributed by atoms with E-state index in [-0.39, 0.29) is 86.6 Å². The summed E-state index contributed by atoms with van der Waals surface area (Å²) in [6.45, 7) is 9.72. The van der Waals surface area contributed by atoms with Crippen molar-refractivity contribution in [2.45, 2.75) is 96.7 Å². The molecule has 0 bridgehead atoms. The highest BCUT2D eigenvalue weighted by atomic mass is 35.5. The molecule has 1 saturated heterocycles. The van der Waals surface area contributed by atoms with Crippen molar-refractivity contribution in [1.29, 1.82) is 0 Å². The number of urea groups is 1. The zero-order valence-electron chi connectivity index (χ0n) is 49.2. The lowest BCUT2D eigenvalue weighted by Crippen LogP contribution is -2.57. The number of nitrogens with two attached hydrogens (primary N) is 2. The molecule has 5 heterocycles. The number of alkyl halides is 1. The number of halogens is 1. The highest BCUT2D eigenvalue weighted by Gasteiger charge is 2.38. The number of fused-ring (bicyclic) bond motifs is 4. The first-order valence-electron chi connectivity index (χ1n) is 29.0. The van der Waals surface area contributed by atoms with Crippen molar-refractivity contribution >= 4 is 109 Å². The van der Waals surface area contributed by atoms with E-state index >= 15 is 0 Å². The van der Waals surface area contributed by atoms with E-state index in [2.05, 4.69) is 20.5 Å². The van der Waals surface area contributed by atoms with Crippen LogP contribution in [0, 0.1) is 12.8 Å². The number of amides is 10. The lowest BCUT2D eigenvalue weighted by molar-refractivity contribution is -0.137. The summed E-state index contributed by atoms with van der Waals surface area (Å²) in [5.41, 5.74) is 15.8. The molecular weight excluding hydrogens is 1150 g/mol. The quantitative estimate of drug-likeness (QED) is 0.0199. The monoisotopic (exact) mass is 1220 g/mol. The standard InChI is InChI=1S/C61H76ClN11O12S/c1-37(2)54(67-49(74)13-7-6-8-25-71-50(75)20-21-51(71)76)56(77)66-45(12-11-22-63)58(79)73(59(64)80)42-16-14-39(15-17-42)35-84-60(81)68(4)26-27-69(5)61(82)85-48-32-47-53(52-38(3)36-86-55(48)52)41(33-62)34-72(47)57(78)46-31-40-30-43(18-19-44(40)65-46)83-29-28-70-23-9-10-24-70/h14-21,30-32,36-37,41,45,54,65H,6-13,22-29,33-35,63H2,1-5H3,(H2,64,80)(H,66,77)(H,67,74)/t41-,45?,54?/m1/s1. The minimum atomic E-state index is -1.26. The lowest BCUT2D eigenvalue weighted by Gasteiger charge is -2.28. The first-order chi connectivity index (χ1) is 41.3. The van der Waals surface area contributed by atoms with Gasteiger partial charge in [0.15, 0.2) is 5.75 Å². The molecule has 10 amide bonds. The normalized spacial score (nSPS) is 15.5. The third-order valence-electron chi connectivity index (χ3n) is 15.6. The molecule has 23 nitrogen and oxygen atoms in total. The number of unbranched alkanes of at least 4 members (excludes halogenated alkanes) is 2. The summed E-state index contributed by atoms with van der Waals surface area (Å²) >= 11 is 8.03. The maximum Gasteiger partial charge on any atom is 0.415 e. The largest absolute Gasteiger partial charge is 0.492 e. The molecule has 0 radical (unpaired) electrons. The van der Waals surface area contributed by atoms with Crippen molar-refractivity contribution in [2.75, 3.05) is 88.7 Å². The predicted molar refractivity (Wildman–Crippen MR) is 327 cm³/mol. The molecule has 86 heavy (non-hydrogen) atoms. The minimum Gasteiger partial charge on any atom is -0.492 e. The van der Waals surface area contributed by atoms with E-state index in [4.69, 9.17) is 37.3 Å². The predicted octanol–water partition coefficient (Wildman–Crippen LogP) is 7.11. The Bertz CT molecular complexity index is 3340. The average Bonchev–Trinajstić information content (AvgIpc) is 1.65. The fraction of sp³-hybridized carbons (Fsp3) is 0.459. The van der Waals surface area contributed by atoms with Crippen molar-refractivity contribution in [2.24, 2.45) is 17.4 Å². The van der Waals surface area contributed by atoms with Crippen LogP contribution in [-0.4, -0.2) is 169 Å². The van der Waals surface area contributed by atoms with Gasteiger partial charge in [0.1, 0.15) is 36.7 Å². The molecule has 8 rings (SSSR count). The second-order valence-electron chi connectivity index (χ2n) is 22.2. The van der Waals surface area contributed by atoms with Gasteiger partial charge in [-0.1, -0.05) is 32.4 Å². The Hall–Kier alpha value is -8.06. The number of aryl methyl sites for hydroxylation is 1. The maximum atomic E-state index is 14.4. The van der Waals surface area contributed by atoms with Gasteiger partial charge >= 0.3 is 18.2 Å². The van der Waals surface area contributed by atoms with E-state index in [1.807, 2.05) is 36.6 Å². The molecule has 3 aliphatic heterocycles. The van der Waals surface area contributed by atoms with Crippen LogP contribution in [0.2, 0.25) is 0 Å². The number of H-pyrrole nitrogens is 1. The topological polar surface area (TPSA) is 293 Å². The van der Waals surface area contributed by atoms with Crippen LogP contribution in [0.15, 0.2) is 72.1 Å². The number of likely N-dealkylation sites (N-methyl/N-ethyl adjacent to an activating group) is 2. The summed E-state index contributed by atoms with van der Waals surface area (Å²) < 4.78 is 18.5. The van der Waals surface area contributed by atoms with Gasteiger partial charge in [-0.3, -0.25) is 38.6 Å². The Kier molecular flexibility index (Phi) is 21.8. The summed E-state index contributed by atoms with van der Waals surface area (Å²) in [6.07, 6.45) is 5.39. The molecule has 3 aromatic carbocycles. The van der Waals surface area contributed by atoms with Crippen molar-refractivity contribution in [3.63, 3.8) is 0 Å². The number of carbonyl (C=O) groups is 9. The summed E-state index contributed by atoms with van der Waals surface area (Å²) in [6, 6.07) is 11.8. The van der Waals surface area contributed by atoms with Crippen LogP contribution in [0.4, 0.5) is 25.8 Å². The van der Waals surface area contributed by atoms with Gasteiger partial charge in [-0.2, -0.15) is 0 Å². The van der Waals surface area contributed by atoms with Crippen LogP contribution in [-0.2, 0) is 35.3 Å². The fourth-order valence-electron chi connectivity index (χ4n) is 10.7. The number of likely N-dealkylation sites (tertiary alicyclic amines) is 1. The van der Waals surface area contributed by atoms with Crippen molar-refractivity contribution in [3.8, 4) is 11.5 Å². The number of hydrogen-bond donors (Lipinski definition) is 5. The van der Waals surface area contributed by atoms with Crippen LogP contribution in [0.25, 0.3) is 21.0 Å². The van der Waals surface area contributed by atoms with Crippen molar-refractivity contribution in [3.05, 3.63) is 94.5 Å². The Morgan fingerprint density at radius 1 is 0.872 bits per heavy atom. The molecule has 25 heteroatoms. The number of hydrogen-bond acceptors (Lipinski definition) is 15. The molecule has 3 atom stereocenters. The fourth-order valence-corrected chi connectivity index (χ4v) is 12.0. The Morgan fingerprint density at radius 2 is 1.58 bits per heavy atom. The Labute approximate surface area is 508 Å². The molecule has 2 unspecified atom stereocenters. The number of nitrogens with one attached hydrogen (secondary N) is 3. The van der Waals surface area contributed by atoms with Gasteiger partial charge in [-0.25, -0.2) is 19.3 Å². The number of benzene rings is 3. The first-order valence-corrected chi connectivity index (χ1v) is 30.4. The third-order valence-corrected chi connectivity index (χ3v) is 17.1. The minimum absolute atomic E-state index is 0.0511. The van der Waals surface area contributed by atoms with Crippen LogP contribution in [0.5, 0.6) is 11.5 Å². The Balaban J connectivity index is 0.829. The van der Waals surface area contributed by atoms with E-state index < -0.39 is 53.9 Å². The second kappa shape index (κ2) is 29.4. The molecule has 7 N–H and O–H groups in total. The lowest BCUT2D eigenvalue weighted by atomic mass is 9.97. The van der Waals surface area contributed by atoms with Crippen LogP contribution >= 0.6 is 22.9 Å². The van der Waals surface area contributed by atoms with Gasteiger partial charge in [-0.05, 0) is 129 Å². The number of imide groups is 2. The highest BCUT2D eigenvalue weighted by molar-refractivity contribution is 7.17. The smallest absolute Gasteiger partial charge is 0.415 e. The highest BCUT2D eigenvalue weighted by Crippen LogP contribution is 2.49. The van der Waals surface area contributed by atoms with Gasteiger partial charge in [0, 0.05) is 99.5 Å². The van der Waals surface area contributed by atoms with E-state index in [0.717, 1.165) is 67.3 Å². The van der Waals surface area contributed by atoms with Crippen LogP contribution < -0.4 is 41.4 Å². The number of nitrogens with zero attached hydrogens (tertiary/aromatic N) is 6. The number of aromatic nitrogens is 1. The molecule has 460 valence electrons. The van der Waals surface area contributed by atoms with Gasteiger partial charge < -0.3 is 56.0 Å². The molecule has 2 aromatic heterocycles. The first kappa shape index (κ1) is 63.9. The number of thiophene rings is 1. The van der Waals surface area contributed by atoms with Crippen molar-refractivity contribution < 1.29 is 57.4 Å². The van der Waals surface area contributed by atoms with E-state index in [1.54, 1.807) is 31.9 Å². The summed E-state index contributed by atoms with van der Waals surface area (Å²) in [5.74, 6) is -2.19. The van der Waals surface area contributed by atoms with E-state index in [0.29, 0.717) is 55.8 Å². The molecule has 0 aliphatic carbocycles. The average molecular weight is 1220 g/mol. The maximum absolute atomic E-state index is 14.4. The molecule has 1 fully saturated rings. The molecule has 5 aromatic rings. The molecule has 0 saturated carbocycles. The van der Waals surface area contributed by atoms with Crippen LogP contribution in [0.1, 0.15) is 98.3 Å². The molecular formula is C61H76ClN11O12S. The SMILES string of the molecule is Cc1csc2c(OC(=O)N(C)CCN(C)C(=O)OCc3ccc(N(C(N)=O)C(=O)C(CCCN)NC(=O)C(NC(=O)CCCCCN4C(=O)C=CC4=O)C(C)C)cc3)cc3c(c12)[C@H](CCl)CN3C(=O)c1cc2cc(OCCN3CCCC3)ccc2[nH]1. The zero-order valence-corrected chi connectivity index (χ0v) is 50.8. The van der Waals surface area contributed by atoms with Gasteiger partial charge in [0.2, 0.25) is 11.8 Å². The number of ether oxygens (including phenoxy) is 3. The van der Waals surface area contributed by atoms with E-state index in [9.17, 15) is 43.2 Å². The van der Waals surface area contributed by atoms with Crippen molar-refractivity contribution in [1.82, 2.24) is 35.2 Å². The van der Waals surface area contributed by atoms with Gasteiger partial charge in [0.05, 0.1) is 16.1 Å². The molecule has 3 aliphatic rings. The number of primary amides is 1. The van der Waals surface area contributed by atoms with Crippen LogP contribution in [0.3, 0.4) is 0 Å². The van der Waals surface area contributed by atoms with Gasteiger partial charge in [-0.15, -0.1) is 22.9 Å². The number of carbonyl (C=O) groups excluding carboxylic acids is 9. The number of rotatable bonds is 27.